The molecule has 7 nitrogen and oxygen atoms in total. The normalized spacial score (nSPS) is 24.0. The molecule has 4 heterocycles. The molecule has 1 aromatic carbocycles. The molecular weight excluding hydrogens is 456 g/mol. The van der Waals surface area contributed by atoms with Crippen molar-refractivity contribution in [3.05, 3.63) is 52.8 Å². The summed E-state index contributed by atoms with van der Waals surface area (Å²) in [5.41, 5.74) is 4.03. The van der Waals surface area contributed by atoms with Crippen molar-refractivity contribution in [3.8, 4) is 0 Å². The van der Waals surface area contributed by atoms with E-state index in [1.807, 2.05) is 36.9 Å². The van der Waals surface area contributed by atoms with Crippen LogP contribution in [0.1, 0.15) is 71.0 Å². The van der Waals surface area contributed by atoms with Gasteiger partial charge in [0, 0.05) is 22.3 Å². The Kier molecular flexibility index (Phi) is 5.03. The van der Waals surface area contributed by atoms with Crippen LogP contribution in [0.2, 0.25) is 0 Å². The van der Waals surface area contributed by atoms with Crippen molar-refractivity contribution in [1.82, 2.24) is 20.1 Å². The molecular formula is C24H26N4O3S2. The number of nitrogens with one attached hydrogen (secondary N) is 1. The van der Waals surface area contributed by atoms with Crippen molar-refractivity contribution < 1.29 is 13.2 Å². The number of carbonyl (C=O) groups is 1. The molecule has 1 N–H and O–H groups in total. The first-order chi connectivity index (χ1) is 15.9. The topological polar surface area (TPSA) is 93.9 Å². The molecule has 3 aliphatic rings. The summed E-state index contributed by atoms with van der Waals surface area (Å²) in [4.78, 5) is 19.8. The van der Waals surface area contributed by atoms with E-state index >= 15 is 0 Å². The minimum atomic E-state index is -3.06. The van der Waals surface area contributed by atoms with Crippen LogP contribution < -0.4 is 5.32 Å². The first-order valence-corrected chi connectivity index (χ1v) is 14.3. The van der Waals surface area contributed by atoms with Gasteiger partial charge in [0.25, 0.3) is 5.91 Å². The van der Waals surface area contributed by atoms with Crippen LogP contribution in [0.25, 0.3) is 11.0 Å². The van der Waals surface area contributed by atoms with E-state index in [-0.39, 0.29) is 29.5 Å². The van der Waals surface area contributed by atoms with Gasteiger partial charge in [0.2, 0.25) is 0 Å². The second-order valence-electron chi connectivity index (χ2n) is 9.36. The zero-order chi connectivity index (χ0) is 22.7. The molecule has 2 aromatic heterocycles. The predicted molar refractivity (Wildman–Crippen MR) is 129 cm³/mol. The lowest BCUT2D eigenvalue weighted by Gasteiger charge is -2.26. The molecule has 6 rings (SSSR count). The van der Waals surface area contributed by atoms with Crippen LogP contribution in [0.15, 0.2) is 35.2 Å². The summed E-state index contributed by atoms with van der Waals surface area (Å²) in [6, 6.07) is 9.92. The van der Waals surface area contributed by atoms with Gasteiger partial charge in [0.05, 0.1) is 40.2 Å². The number of hydrogen-bond donors (Lipinski definition) is 1. The number of aryl methyl sites for hydroxylation is 1. The Labute approximate surface area is 197 Å². The average Bonchev–Trinajstić information content (AvgIpc) is 3.52. The van der Waals surface area contributed by atoms with E-state index in [0.717, 1.165) is 36.1 Å². The van der Waals surface area contributed by atoms with Gasteiger partial charge in [0.15, 0.2) is 15.5 Å². The van der Waals surface area contributed by atoms with Gasteiger partial charge in [-0.15, -0.1) is 11.8 Å². The minimum Gasteiger partial charge on any atom is -0.345 e. The molecule has 0 spiro atoms. The third-order valence-electron chi connectivity index (χ3n) is 6.92. The fourth-order valence-electron chi connectivity index (χ4n) is 5.05. The van der Waals surface area contributed by atoms with Crippen molar-refractivity contribution in [2.75, 3.05) is 17.3 Å². The molecule has 2 atom stereocenters. The van der Waals surface area contributed by atoms with Crippen molar-refractivity contribution in [2.45, 2.75) is 55.5 Å². The van der Waals surface area contributed by atoms with Crippen molar-refractivity contribution in [1.29, 1.82) is 0 Å². The van der Waals surface area contributed by atoms with Gasteiger partial charge in [-0.05, 0) is 50.3 Å². The summed E-state index contributed by atoms with van der Waals surface area (Å²) in [5, 5.41) is 8.70. The quantitative estimate of drug-likeness (QED) is 0.605. The second-order valence-corrected chi connectivity index (χ2v) is 12.7. The van der Waals surface area contributed by atoms with E-state index < -0.39 is 9.84 Å². The van der Waals surface area contributed by atoms with E-state index in [2.05, 4.69) is 17.4 Å². The summed E-state index contributed by atoms with van der Waals surface area (Å²) < 4.78 is 26.0. The van der Waals surface area contributed by atoms with E-state index in [9.17, 15) is 13.2 Å². The van der Waals surface area contributed by atoms with E-state index in [4.69, 9.17) is 10.1 Å². The highest BCUT2D eigenvalue weighted by atomic mass is 32.2. The Hall–Kier alpha value is -2.39. The van der Waals surface area contributed by atoms with Crippen molar-refractivity contribution in [2.24, 2.45) is 0 Å². The van der Waals surface area contributed by atoms with E-state index in [1.54, 1.807) is 4.68 Å². The first-order valence-electron chi connectivity index (χ1n) is 11.5. The van der Waals surface area contributed by atoms with E-state index in [0.29, 0.717) is 29.2 Å². The van der Waals surface area contributed by atoms with Gasteiger partial charge >= 0.3 is 0 Å². The van der Waals surface area contributed by atoms with Gasteiger partial charge in [-0.3, -0.25) is 4.79 Å². The van der Waals surface area contributed by atoms with Crippen LogP contribution in [0.4, 0.5) is 0 Å². The summed E-state index contributed by atoms with van der Waals surface area (Å²) in [6.45, 7) is 1.88. The lowest BCUT2D eigenvalue weighted by atomic mass is 10.0. The number of benzene rings is 1. The van der Waals surface area contributed by atoms with Crippen molar-refractivity contribution >= 4 is 38.5 Å². The highest BCUT2D eigenvalue weighted by Crippen LogP contribution is 2.41. The van der Waals surface area contributed by atoms with Gasteiger partial charge in [-0.2, -0.15) is 5.10 Å². The molecule has 1 saturated heterocycles. The standard InChI is InChI=1S/C24H26N4O3S2/c1-14-22-18(24(29)26-19-8-10-32-21-5-3-2-4-17(19)21)12-20(15-6-7-15)25-23(22)28(27-14)16-9-11-33(30,31)13-16/h2-5,12,15-16,19H,6-11,13H2,1H3,(H,26,29)/t16-,19+/m1/s1. The number of hydrogen-bond acceptors (Lipinski definition) is 6. The van der Waals surface area contributed by atoms with Gasteiger partial charge in [-0.25, -0.2) is 18.1 Å². The predicted octanol–water partition coefficient (Wildman–Crippen LogP) is 3.94. The zero-order valence-electron chi connectivity index (χ0n) is 18.5. The molecule has 33 heavy (non-hydrogen) atoms. The largest absolute Gasteiger partial charge is 0.345 e. The molecule has 2 fully saturated rings. The molecule has 0 unspecified atom stereocenters. The lowest BCUT2D eigenvalue weighted by molar-refractivity contribution is 0.0936. The summed E-state index contributed by atoms with van der Waals surface area (Å²) in [7, 11) is -3.06. The average molecular weight is 483 g/mol. The Morgan fingerprint density at radius 3 is 2.76 bits per heavy atom. The highest BCUT2D eigenvalue weighted by molar-refractivity contribution is 7.99. The molecule has 172 valence electrons. The lowest BCUT2D eigenvalue weighted by Crippen LogP contribution is -2.31. The monoisotopic (exact) mass is 482 g/mol. The fraction of sp³-hybridized carbons (Fsp3) is 0.458. The molecule has 9 heteroatoms. The third-order valence-corrected chi connectivity index (χ3v) is 9.79. The summed E-state index contributed by atoms with van der Waals surface area (Å²) in [5.74, 6) is 1.47. The summed E-state index contributed by atoms with van der Waals surface area (Å²) in [6.07, 6.45) is 3.55. The molecule has 2 aliphatic heterocycles. The fourth-order valence-corrected chi connectivity index (χ4v) is 7.87. The number of carbonyl (C=O) groups excluding carboxylic acids is 1. The molecule has 1 amide bonds. The Morgan fingerprint density at radius 2 is 2.00 bits per heavy atom. The first kappa shape index (κ1) is 21.2. The molecule has 0 radical (unpaired) electrons. The van der Waals surface area contributed by atoms with Crippen LogP contribution in [0.5, 0.6) is 0 Å². The van der Waals surface area contributed by atoms with Crippen LogP contribution in [-0.4, -0.2) is 46.3 Å². The Balaban J connectivity index is 1.41. The van der Waals surface area contributed by atoms with Gasteiger partial charge in [0.1, 0.15) is 0 Å². The number of rotatable bonds is 4. The molecule has 1 saturated carbocycles. The summed E-state index contributed by atoms with van der Waals surface area (Å²) >= 11 is 1.83. The maximum Gasteiger partial charge on any atom is 0.252 e. The number of sulfone groups is 1. The number of pyridine rings is 1. The Morgan fingerprint density at radius 1 is 1.18 bits per heavy atom. The van der Waals surface area contributed by atoms with E-state index in [1.165, 1.54) is 10.5 Å². The SMILES string of the molecule is Cc1nn([C@@H]2CCS(=O)(=O)C2)c2nc(C3CC3)cc(C(=O)N[C@H]3CCSc4ccccc43)c12. The smallest absolute Gasteiger partial charge is 0.252 e. The molecule has 3 aromatic rings. The van der Waals surface area contributed by atoms with Crippen LogP contribution >= 0.6 is 11.8 Å². The molecule has 0 bridgehead atoms. The number of aromatic nitrogens is 3. The zero-order valence-corrected chi connectivity index (χ0v) is 20.1. The van der Waals surface area contributed by atoms with Crippen molar-refractivity contribution in [3.63, 3.8) is 0 Å². The third kappa shape index (κ3) is 3.85. The van der Waals surface area contributed by atoms with Gasteiger partial charge in [-0.1, -0.05) is 18.2 Å². The number of nitrogens with zero attached hydrogens (tertiary/aromatic N) is 3. The highest BCUT2D eigenvalue weighted by Gasteiger charge is 2.34. The minimum absolute atomic E-state index is 0.0298. The number of amides is 1. The van der Waals surface area contributed by atoms with Gasteiger partial charge < -0.3 is 5.32 Å². The second kappa shape index (κ2) is 7.84. The van der Waals surface area contributed by atoms with Crippen LogP contribution in [0.3, 0.4) is 0 Å². The maximum absolute atomic E-state index is 13.6. The molecule has 1 aliphatic carbocycles. The Bertz CT molecular complexity index is 1380. The van der Waals surface area contributed by atoms with Crippen LogP contribution in [0, 0.1) is 6.92 Å². The maximum atomic E-state index is 13.6. The number of fused-ring (bicyclic) bond motifs is 2. The number of thioether (sulfide) groups is 1. The van der Waals surface area contributed by atoms with Crippen LogP contribution in [-0.2, 0) is 9.84 Å².